The highest BCUT2D eigenvalue weighted by Crippen LogP contribution is 2.17. The minimum Gasteiger partial charge on any atom is -0.383 e. The minimum atomic E-state index is 0.873. The van der Waals surface area contributed by atoms with E-state index >= 15 is 0 Å². The lowest BCUT2D eigenvalue weighted by Gasteiger charge is -2.32. The van der Waals surface area contributed by atoms with Gasteiger partial charge in [-0.1, -0.05) is 0 Å². The van der Waals surface area contributed by atoms with Gasteiger partial charge in [-0.25, -0.2) is 0 Å². The van der Waals surface area contributed by atoms with Crippen LogP contribution in [0.15, 0.2) is 0 Å². The van der Waals surface area contributed by atoms with Gasteiger partial charge in [0.15, 0.2) is 0 Å². The molecule has 0 N–H and O–H groups in total. The molecule has 3 heteroatoms. The molecule has 0 spiro atoms. The first-order valence-electron chi connectivity index (χ1n) is 5.58. The van der Waals surface area contributed by atoms with Crippen molar-refractivity contribution in [3.63, 3.8) is 0 Å². The smallest absolute Gasteiger partial charge is 0.0589 e. The second-order valence-corrected chi connectivity index (χ2v) is 4.54. The molecule has 1 aliphatic heterocycles. The second-order valence-electron chi connectivity index (χ2n) is 4.54. The topological polar surface area (TPSA) is 15.7 Å². The lowest BCUT2D eigenvalue weighted by molar-refractivity contribution is 0.113. The van der Waals surface area contributed by atoms with E-state index in [1.165, 1.54) is 32.5 Å². The third-order valence-corrected chi connectivity index (χ3v) is 2.94. The van der Waals surface area contributed by atoms with E-state index < -0.39 is 0 Å². The molecular weight excluding hydrogens is 176 g/mol. The average molecular weight is 200 g/mol. The van der Waals surface area contributed by atoms with Gasteiger partial charge >= 0.3 is 0 Å². The van der Waals surface area contributed by atoms with Crippen LogP contribution < -0.4 is 0 Å². The zero-order chi connectivity index (χ0) is 10.4. The zero-order valence-electron chi connectivity index (χ0n) is 9.83. The van der Waals surface area contributed by atoms with E-state index in [1.807, 2.05) is 0 Å². The fourth-order valence-electron chi connectivity index (χ4n) is 2.13. The van der Waals surface area contributed by atoms with Gasteiger partial charge in [0, 0.05) is 20.2 Å². The Morgan fingerprint density at radius 1 is 1.29 bits per heavy atom. The van der Waals surface area contributed by atoms with Crippen molar-refractivity contribution in [2.75, 3.05) is 54.0 Å². The Balaban J connectivity index is 2.11. The van der Waals surface area contributed by atoms with Crippen LogP contribution in [0.2, 0.25) is 0 Å². The quantitative estimate of drug-likeness (QED) is 0.656. The van der Waals surface area contributed by atoms with Crippen molar-refractivity contribution in [2.24, 2.45) is 5.92 Å². The van der Waals surface area contributed by atoms with Crippen molar-refractivity contribution in [1.29, 1.82) is 0 Å². The van der Waals surface area contributed by atoms with Crippen LogP contribution in [0.4, 0.5) is 0 Å². The first-order chi connectivity index (χ1) is 6.72. The number of ether oxygens (including phenoxy) is 1. The monoisotopic (exact) mass is 200 g/mol. The lowest BCUT2D eigenvalue weighted by Crippen LogP contribution is -2.38. The highest BCUT2D eigenvalue weighted by molar-refractivity contribution is 4.73. The summed E-state index contributed by atoms with van der Waals surface area (Å²) in [4.78, 5) is 4.81. The summed E-state index contributed by atoms with van der Waals surface area (Å²) in [6.45, 7) is 5.73. The van der Waals surface area contributed by atoms with E-state index in [4.69, 9.17) is 4.74 Å². The molecule has 84 valence electrons. The molecule has 1 heterocycles. The first kappa shape index (κ1) is 12.0. The molecule has 14 heavy (non-hydrogen) atoms. The lowest BCUT2D eigenvalue weighted by atomic mass is 9.96. The molecule has 0 amide bonds. The van der Waals surface area contributed by atoms with E-state index in [2.05, 4.69) is 23.9 Å². The van der Waals surface area contributed by atoms with Gasteiger partial charge in [0.25, 0.3) is 0 Å². The van der Waals surface area contributed by atoms with Gasteiger partial charge < -0.3 is 14.5 Å². The third kappa shape index (κ3) is 4.40. The van der Waals surface area contributed by atoms with Gasteiger partial charge in [-0.2, -0.15) is 0 Å². The van der Waals surface area contributed by atoms with Crippen LogP contribution >= 0.6 is 0 Å². The van der Waals surface area contributed by atoms with Crippen LogP contribution in [0.25, 0.3) is 0 Å². The SMILES string of the molecule is COCCN1CCC(CN(C)C)CC1. The Morgan fingerprint density at radius 2 is 1.93 bits per heavy atom. The number of methoxy groups -OCH3 is 1. The average Bonchev–Trinajstić information content (AvgIpc) is 2.16. The number of piperidine rings is 1. The van der Waals surface area contributed by atoms with Crippen molar-refractivity contribution in [3.05, 3.63) is 0 Å². The number of nitrogens with zero attached hydrogens (tertiary/aromatic N) is 2. The molecule has 0 aromatic heterocycles. The minimum absolute atomic E-state index is 0.873. The summed E-state index contributed by atoms with van der Waals surface area (Å²) in [6.07, 6.45) is 2.70. The largest absolute Gasteiger partial charge is 0.383 e. The van der Waals surface area contributed by atoms with Gasteiger partial charge in [0.05, 0.1) is 6.61 Å². The maximum atomic E-state index is 5.09. The Hall–Kier alpha value is -0.120. The van der Waals surface area contributed by atoms with Crippen LogP contribution in [-0.4, -0.2) is 63.8 Å². The summed E-state index contributed by atoms with van der Waals surface area (Å²) in [6, 6.07) is 0. The molecule has 0 aromatic carbocycles. The van der Waals surface area contributed by atoms with Crippen molar-refractivity contribution < 1.29 is 4.74 Å². The summed E-state index contributed by atoms with van der Waals surface area (Å²) < 4.78 is 5.09. The van der Waals surface area contributed by atoms with Crippen LogP contribution in [-0.2, 0) is 4.74 Å². The predicted octanol–water partition coefficient (Wildman–Crippen LogP) is 0.906. The Labute approximate surface area is 88.0 Å². The molecule has 3 nitrogen and oxygen atoms in total. The standard InChI is InChI=1S/C11H24N2O/c1-12(2)10-11-4-6-13(7-5-11)8-9-14-3/h11H,4-10H2,1-3H3. The molecule has 0 saturated carbocycles. The van der Waals surface area contributed by atoms with Gasteiger partial charge in [-0.15, -0.1) is 0 Å². The third-order valence-electron chi connectivity index (χ3n) is 2.94. The molecule has 0 bridgehead atoms. The zero-order valence-corrected chi connectivity index (χ0v) is 9.83. The highest BCUT2D eigenvalue weighted by Gasteiger charge is 2.18. The predicted molar refractivity (Wildman–Crippen MR) is 59.6 cm³/mol. The van der Waals surface area contributed by atoms with Crippen LogP contribution in [0.3, 0.4) is 0 Å². The molecule has 1 rings (SSSR count). The van der Waals surface area contributed by atoms with Gasteiger partial charge in [-0.3, -0.25) is 0 Å². The molecule has 1 saturated heterocycles. The number of likely N-dealkylation sites (tertiary alicyclic amines) is 1. The summed E-state index contributed by atoms with van der Waals surface area (Å²) >= 11 is 0. The summed E-state index contributed by atoms with van der Waals surface area (Å²) in [5, 5.41) is 0. The normalized spacial score (nSPS) is 20.6. The maximum Gasteiger partial charge on any atom is 0.0589 e. The Kier molecular flexibility index (Phi) is 5.45. The van der Waals surface area contributed by atoms with E-state index in [0.29, 0.717) is 0 Å². The molecule has 0 aromatic rings. The van der Waals surface area contributed by atoms with E-state index in [1.54, 1.807) is 7.11 Å². The number of hydrogen-bond acceptors (Lipinski definition) is 3. The van der Waals surface area contributed by atoms with E-state index in [0.717, 1.165) is 19.1 Å². The Morgan fingerprint density at radius 3 is 2.43 bits per heavy atom. The molecule has 1 aliphatic rings. The van der Waals surface area contributed by atoms with Crippen LogP contribution in [0.5, 0.6) is 0 Å². The molecule has 0 atom stereocenters. The first-order valence-corrected chi connectivity index (χ1v) is 5.58. The van der Waals surface area contributed by atoms with Crippen molar-refractivity contribution in [2.45, 2.75) is 12.8 Å². The fourth-order valence-corrected chi connectivity index (χ4v) is 2.13. The summed E-state index contributed by atoms with van der Waals surface area (Å²) in [5.41, 5.74) is 0. The molecule has 0 radical (unpaired) electrons. The van der Waals surface area contributed by atoms with Gasteiger partial charge in [0.2, 0.25) is 0 Å². The molecule has 1 fully saturated rings. The fraction of sp³-hybridized carbons (Fsp3) is 1.00. The van der Waals surface area contributed by atoms with Gasteiger partial charge in [-0.05, 0) is 45.9 Å². The van der Waals surface area contributed by atoms with Crippen molar-refractivity contribution in [3.8, 4) is 0 Å². The second kappa shape index (κ2) is 6.38. The summed E-state index contributed by atoms with van der Waals surface area (Å²) in [5.74, 6) is 0.906. The number of rotatable bonds is 5. The highest BCUT2D eigenvalue weighted by atomic mass is 16.5. The number of hydrogen-bond donors (Lipinski definition) is 0. The summed E-state index contributed by atoms with van der Waals surface area (Å²) in [7, 11) is 6.10. The van der Waals surface area contributed by atoms with Crippen molar-refractivity contribution in [1.82, 2.24) is 9.80 Å². The van der Waals surface area contributed by atoms with E-state index in [-0.39, 0.29) is 0 Å². The van der Waals surface area contributed by atoms with Gasteiger partial charge in [0.1, 0.15) is 0 Å². The molecular formula is C11H24N2O. The van der Waals surface area contributed by atoms with Crippen molar-refractivity contribution >= 4 is 0 Å². The van der Waals surface area contributed by atoms with Crippen LogP contribution in [0.1, 0.15) is 12.8 Å². The molecule has 0 aliphatic carbocycles. The van der Waals surface area contributed by atoms with E-state index in [9.17, 15) is 0 Å². The maximum absolute atomic E-state index is 5.09. The Bertz CT molecular complexity index is 142. The van der Waals surface area contributed by atoms with Crippen LogP contribution in [0, 0.1) is 5.92 Å². The molecule has 0 unspecified atom stereocenters.